The molecule has 0 aromatic carbocycles. The summed E-state index contributed by atoms with van der Waals surface area (Å²) in [5, 5.41) is 7.38. The highest BCUT2D eigenvalue weighted by Gasteiger charge is 2.19. The molecule has 2 amide bonds. The first kappa shape index (κ1) is 22.9. The molecule has 2 aromatic heterocycles. The van der Waals surface area contributed by atoms with Gasteiger partial charge in [-0.2, -0.15) is 0 Å². The lowest BCUT2D eigenvalue weighted by Crippen LogP contribution is -2.37. The Morgan fingerprint density at radius 2 is 1.94 bits per heavy atom. The van der Waals surface area contributed by atoms with Crippen LogP contribution in [0.15, 0.2) is 29.7 Å². The van der Waals surface area contributed by atoms with Crippen molar-refractivity contribution in [2.24, 2.45) is 0 Å². The van der Waals surface area contributed by atoms with Crippen LogP contribution in [0, 0.1) is 0 Å². The fourth-order valence-electron chi connectivity index (χ4n) is 3.14. The minimum Gasteiger partial charge on any atom is -0.444 e. The van der Waals surface area contributed by atoms with E-state index < -0.39 is 11.7 Å². The Bertz CT molecular complexity index is 980. The lowest BCUT2D eigenvalue weighted by atomic mass is 10.00. The first-order valence-electron chi connectivity index (χ1n) is 10.2. The molecule has 2 atom stereocenters. The summed E-state index contributed by atoms with van der Waals surface area (Å²) in [4.78, 5) is 33.0. The number of rotatable bonds is 5. The highest BCUT2D eigenvalue weighted by molar-refractivity contribution is 7.14. The van der Waals surface area contributed by atoms with Crippen LogP contribution in [0.3, 0.4) is 0 Å². The van der Waals surface area contributed by atoms with Crippen LogP contribution in [-0.2, 0) is 14.3 Å². The zero-order valence-electron chi connectivity index (χ0n) is 18.4. The standard InChI is InChI=1S/C22H28N4O4S/c1-13-9-15(10-14(2)29-13)16-7-6-8-17(24-16)18-12-31-20(25-18)26-19(27)11-23-21(28)30-22(3,4)5/h6-9,12-14H,10-11H2,1-5H3,(H,23,28)(H,25,26,27)/t13-,14+/m0/s1. The number of pyridine rings is 1. The van der Waals surface area contributed by atoms with Gasteiger partial charge in [0.2, 0.25) is 5.91 Å². The molecule has 31 heavy (non-hydrogen) atoms. The first-order chi connectivity index (χ1) is 14.6. The van der Waals surface area contributed by atoms with E-state index in [4.69, 9.17) is 14.5 Å². The van der Waals surface area contributed by atoms with Crippen molar-refractivity contribution in [2.75, 3.05) is 11.9 Å². The van der Waals surface area contributed by atoms with Crippen LogP contribution in [0.1, 0.15) is 46.7 Å². The topological polar surface area (TPSA) is 102 Å². The summed E-state index contributed by atoms with van der Waals surface area (Å²) in [7, 11) is 0. The fourth-order valence-corrected chi connectivity index (χ4v) is 3.86. The van der Waals surface area contributed by atoms with Gasteiger partial charge in [-0.3, -0.25) is 4.79 Å². The molecule has 0 radical (unpaired) electrons. The average molecular weight is 445 g/mol. The molecule has 0 aliphatic carbocycles. The van der Waals surface area contributed by atoms with Crippen molar-refractivity contribution in [3.63, 3.8) is 0 Å². The first-order valence-corrected chi connectivity index (χ1v) is 11.0. The van der Waals surface area contributed by atoms with E-state index in [1.54, 1.807) is 20.8 Å². The van der Waals surface area contributed by atoms with Crippen molar-refractivity contribution in [3.05, 3.63) is 35.3 Å². The van der Waals surface area contributed by atoms with Gasteiger partial charge in [0.15, 0.2) is 5.13 Å². The zero-order valence-corrected chi connectivity index (χ0v) is 19.2. The molecule has 9 heteroatoms. The smallest absolute Gasteiger partial charge is 0.408 e. The SMILES string of the molecule is C[C@@H]1CC(c2cccc(-c3csc(NC(=O)CNC(=O)OC(C)(C)C)n3)n2)=C[C@H](C)O1. The molecular formula is C22H28N4O4S. The maximum absolute atomic E-state index is 12.1. The van der Waals surface area contributed by atoms with Crippen molar-refractivity contribution in [2.45, 2.75) is 58.8 Å². The van der Waals surface area contributed by atoms with E-state index in [-0.39, 0.29) is 24.7 Å². The second-order valence-electron chi connectivity index (χ2n) is 8.40. The minimum absolute atomic E-state index is 0.0552. The summed E-state index contributed by atoms with van der Waals surface area (Å²) in [5.74, 6) is -0.385. The number of nitrogens with zero attached hydrogens (tertiary/aromatic N) is 2. The van der Waals surface area contributed by atoms with Crippen LogP contribution >= 0.6 is 11.3 Å². The predicted octanol–water partition coefficient (Wildman–Crippen LogP) is 4.25. The van der Waals surface area contributed by atoms with Gasteiger partial charge in [0.05, 0.1) is 23.6 Å². The van der Waals surface area contributed by atoms with Gasteiger partial charge >= 0.3 is 6.09 Å². The third-order valence-corrected chi connectivity index (χ3v) is 5.03. The Balaban J connectivity index is 1.62. The molecular weight excluding hydrogens is 416 g/mol. The summed E-state index contributed by atoms with van der Waals surface area (Å²) < 4.78 is 10.9. The molecule has 0 unspecified atom stereocenters. The molecule has 8 nitrogen and oxygen atoms in total. The normalized spacial score (nSPS) is 18.8. The van der Waals surface area contributed by atoms with Gasteiger partial charge in [-0.1, -0.05) is 12.1 Å². The van der Waals surface area contributed by atoms with E-state index in [0.717, 1.165) is 23.4 Å². The summed E-state index contributed by atoms with van der Waals surface area (Å²) in [6, 6.07) is 5.82. The van der Waals surface area contributed by atoms with Crippen molar-refractivity contribution in [1.29, 1.82) is 0 Å². The van der Waals surface area contributed by atoms with Crippen LogP contribution in [0.25, 0.3) is 17.0 Å². The third-order valence-electron chi connectivity index (χ3n) is 4.27. The highest BCUT2D eigenvalue weighted by Crippen LogP contribution is 2.29. The van der Waals surface area contributed by atoms with E-state index in [1.807, 2.05) is 30.5 Å². The lowest BCUT2D eigenvalue weighted by Gasteiger charge is -2.24. The zero-order chi connectivity index (χ0) is 22.6. The van der Waals surface area contributed by atoms with Gasteiger partial charge in [0.1, 0.15) is 17.8 Å². The van der Waals surface area contributed by atoms with Gasteiger partial charge in [-0.25, -0.2) is 14.8 Å². The summed E-state index contributed by atoms with van der Waals surface area (Å²) in [5.41, 5.74) is 2.85. The van der Waals surface area contributed by atoms with Gasteiger partial charge in [0.25, 0.3) is 0 Å². The molecule has 1 aliphatic heterocycles. The molecule has 166 valence electrons. The van der Waals surface area contributed by atoms with E-state index in [2.05, 4.69) is 28.6 Å². The Morgan fingerprint density at radius 1 is 1.19 bits per heavy atom. The van der Waals surface area contributed by atoms with Crippen LogP contribution in [-0.4, -0.2) is 46.3 Å². The number of hydrogen-bond donors (Lipinski definition) is 2. The maximum atomic E-state index is 12.1. The molecule has 0 bridgehead atoms. The largest absolute Gasteiger partial charge is 0.444 e. The molecule has 3 heterocycles. The molecule has 3 rings (SSSR count). The van der Waals surface area contributed by atoms with E-state index in [9.17, 15) is 9.59 Å². The van der Waals surface area contributed by atoms with Crippen LogP contribution in [0.5, 0.6) is 0 Å². The number of carbonyl (C=O) groups excluding carboxylic acids is 2. The number of carbonyl (C=O) groups is 2. The Labute approximate surface area is 186 Å². The molecule has 0 spiro atoms. The second-order valence-corrected chi connectivity index (χ2v) is 9.26. The van der Waals surface area contributed by atoms with Crippen molar-refractivity contribution >= 4 is 34.0 Å². The molecule has 2 aromatic rings. The fraction of sp³-hybridized carbons (Fsp3) is 0.455. The van der Waals surface area contributed by atoms with Gasteiger partial charge < -0.3 is 20.1 Å². The van der Waals surface area contributed by atoms with Crippen LogP contribution in [0.2, 0.25) is 0 Å². The number of ether oxygens (including phenoxy) is 2. The number of alkyl carbamates (subject to hydrolysis) is 1. The van der Waals surface area contributed by atoms with Gasteiger partial charge in [0, 0.05) is 11.8 Å². The highest BCUT2D eigenvalue weighted by atomic mass is 32.1. The Kier molecular flexibility index (Phi) is 7.07. The number of hydrogen-bond acceptors (Lipinski definition) is 7. The predicted molar refractivity (Wildman–Crippen MR) is 121 cm³/mol. The van der Waals surface area contributed by atoms with E-state index in [0.29, 0.717) is 10.8 Å². The lowest BCUT2D eigenvalue weighted by molar-refractivity contribution is -0.115. The maximum Gasteiger partial charge on any atom is 0.408 e. The Hall–Kier alpha value is -2.78. The molecule has 1 aliphatic rings. The third kappa shape index (κ3) is 6.86. The van der Waals surface area contributed by atoms with Crippen LogP contribution < -0.4 is 10.6 Å². The number of thiazole rings is 1. The van der Waals surface area contributed by atoms with E-state index in [1.165, 1.54) is 11.3 Å². The summed E-state index contributed by atoms with van der Waals surface area (Å²) in [6.07, 6.45) is 2.46. The van der Waals surface area contributed by atoms with E-state index >= 15 is 0 Å². The van der Waals surface area contributed by atoms with Crippen LogP contribution in [0.4, 0.5) is 9.93 Å². The molecule has 2 N–H and O–H groups in total. The summed E-state index contributed by atoms with van der Waals surface area (Å²) in [6.45, 7) is 9.14. The quantitative estimate of drug-likeness (QED) is 0.715. The molecule has 0 fully saturated rings. The van der Waals surface area contributed by atoms with Crippen molar-refractivity contribution in [3.8, 4) is 11.4 Å². The number of nitrogens with one attached hydrogen (secondary N) is 2. The van der Waals surface area contributed by atoms with Crippen molar-refractivity contribution < 1.29 is 19.1 Å². The second kappa shape index (κ2) is 9.57. The average Bonchev–Trinajstić information content (AvgIpc) is 3.13. The minimum atomic E-state index is -0.644. The summed E-state index contributed by atoms with van der Waals surface area (Å²) >= 11 is 1.30. The monoisotopic (exact) mass is 444 g/mol. The number of anilines is 1. The number of amides is 2. The molecule has 0 saturated carbocycles. The van der Waals surface area contributed by atoms with Crippen molar-refractivity contribution in [1.82, 2.24) is 15.3 Å². The van der Waals surface area contributed by atoms with Gasteiger partial charge in [-0.05, 0) is 52.3 Å². The van der Waals surface area contributed by atoms with Gasteiger partial charge in [-0.15, -0.1) is 11.3 Å². The Morgan fingerprint density at radius 3 is 2.65 bits per heavy atom. The molecule has 0 saturated heterocycles. The number of aromatic nitrogens is 2.